The lowest BCUT2D eigenvalue weighted by atomic mass is 10.4. The summed E-state index contributed by atoms with van der Waals surface area (Å²) in [6.45, 7) is 7.40. The van der Waals surface area contributed by atoms with Crippen LogP contribution in [0.1, 0.15) is 13.3 Å². The SMILES string of the molecule is CCCOC(=O)COCCN1CCOCC1. The van der Waals surface area contributed by atoms with Crippen LogP contribution in [0.2, 0.25) is 0 Å². The molecule has 0 atom stereocenters. The van der Waals surface area contributed by atoms with Gasteiger partial charge in [-0.15, -0.1) is 0 Å². The zero-order valence-corrected chi connectivity index (χ0v) is 9.94. The van der Waals surface area contributed by atoms with Gasteiger partial charge in [0.15, 0.2) is 0 Å². The maximum Gasteiger partial charge on any atom is 0.332 e. The molecule has 0 bridgehead atoms. The van der Waals surface area contributed by atoms with Gasteiger partial charge < -0.3 is 14.2 Å². The Labute approximate surface area is 96.6 Å². The van der Waals surface area contributed by atoms with E-state index in [9.17, 15) is 4.79 Å². The molecule has 0 spiro atoms. The molecule has 0 aromatic carbocycles. The van der Waals surface area contributed by atoms with Gasteiger partial charge in [-0.2, -0.15) is 0 Å². The standard InChI is InChI=1S/C11H21NO4/c1-2-6-16-11(13)10-15-9-5-12-3-7-14-8-4-12/h2-10H2,1H3. The average molecular weight is 231 g/mol. The van der Waals surface area contributed by atoms with Crippen LogP contribution in [-0.2, 0) is 19.0 Å². The van der Waals surface area contributed by atoms with Crippen molar-refractivity contribution in [2.45, 2.75) is 13.3 Å². The van der Waals surface area contributed by atoms with E-state index in [4.69, 9.17) is 14.2 Å². The van der Waals surface area contributed by atoms with E-state index in [-0.39, 0.29) is 12.6 Å². The summed E-state index contributed by atoms with van der Waals surface area (Å²) >= 11 is 0. The van der Waals surface area contributed by atoms with Crippen LogP contribution in [0.25, 0.3) is 0 Å². The molecule has 5 nitrogen and oxygen atoms in total. The summed E-state index contributed by atoms with van der Waals surface area (Å²) in [6.07, 6.45) is 0.847. The lowest BCUT2D eigenvalue weighted by Gasteiger charge is -2.26. The number of carbonyl (C=O) groups excluding carboxylic acids is 1. The second-order valence-electron chi connectivity index (χ2n) is 3.73. The Morgan fingerprint density at radius 3 is 2.75 bits per heavy atom. The quantitative estimate of drug-likeness (QED) is 0.465. The predicted molar refractivity (Wildman–Crippen MR) is 59.3 cm³/mol. The number of hydrogen-bond acceptors (Lipinski definition) is 5. The van der Waals surface area contributed by atoms with Gasteiger partial charge in [-0.3, -0.25) is 4.90 Å². The van der Waals surface area contributed by atoms with Crippen molar-refractivity contribution >= 4 is 5.97 Å². The first-order chi connectivity index (χ1) is 7.83. The molecule has 94 valence electrons. The van der Waals surface area contributed by atoms with E-state index in [2.05, 4.69) is 4.90 Å². The number of nitrogens with zero attached hydrogens (tertiary/aromatic N) is 1. The van der Waals surface area contributed by atoms with Crippen molar-refractivity contribution in [3.05, 3.63) is 0 Å². The third kappa shape index (κ3) is 6.05. The highest BCUT2D eigenvalue weighted by molar-refractivity contribution is 5.70. The van der Waals surface area contributed by atoms with Crippen LogP contribution in [0.15, 0.2) is 0 Å². The number of hydrogen-bond donors (Lipinski definition) is 0. The molecule has 1 rings (SSSR count). The summed E-state index contributed by atoms with van der Waals surface area (Å²) < 4.78 is 15.4. The Bertz CT molecular complexity index is 192. The molecule has 0 N–H and O–H groups in total. The summed E-state index contributed by atoms with van der Waals surface area (Å²) in [5.74, 6) is -0.274. The summed E-state index contributed by atoms with van der Waals surface area (Å²) in [6, 6.07) is 0. The highest BCUT2D eigenvalue weighted by Crippen LogP contribution is 1.95. The highest BCUT2D eigenvalue weighted by atomic mass is 16.6. The fraction of sp³-hybridized carbons (Fsp3) is 0.909. The topological polar surface area (TPSA) is 48.0 Å². The summed E-state index contributed by atoms with van der Waals surface area (Å²) in [4.78, 5) is 13.3. The van der Waals surface area contributed by atoms with Crippen molar-refractivity contribution in [3.8, 4) is 0 Å². The van der Waals surface area contributed by atoms with Gasteiger partial charge in [-0.05, 0) is 6.42 Å². The van der Waals surface area contributed by atoms with Gasteiger partial charge in [0, 0.05) is 19.6 Å². The molecule has 0 amide bonds. The fourth-order valence-electron chi connectivity index (χ4n) is 1.43. The first-order valence-corrected chi connectivity index (χ1v) is 5.86. The third-order valence-corrected chi connectivity index (χ3v) is 2.34. The van der Waals surface area contributed by atoms with Crippen LogP contribution >= 0.6 is 0 Å². The van der Waals surface area contributed by atoms with E-state index in [1.165, 1.54) is 0 Å². The molecule has 0 aromatic rings. The number of rotatable bonds is 7. The lowest BCUT2D eigenvalue weighted by molar-refractivity contribution is -0.149. The summed E-state index contributed by atoms with van der Waals surface area (Å²) in [5.41, 5.74) is 0. The van der Waals surface area contributed by atoms with Crippen LogP contribution in [0, 0.1) is 0 Å². The second-order valence-corrected chi connectivity index (χ2v) is 3.73. The minimum atomic E-state index is -0.274. The minimum Gasteiger partial charge on any atom is -0.464 e. The molecule has 0 aromatic heterocycles. The zero-order chi connectivity index (χ0) is 11.6. The van der Waals surface area contributed by atoms with Gasteiger partial charge in [0.2, 0.25) is 0 Å². The maximum atomic E-state index is 11.1. The van der Waals surface area contributed by atoms with Crippen LogP contribution in [0.3, 0.4) is 0 Å². The lowest BCUT2D eigenvalue weighted by Crippen LogP contribution is -2.38. The van der Waals surface area contributed by atoms with Gasteiger partial charge in [-0.1, -0.05) is 6.92 Å². The Hall–Kier alpha value is -0.650. The van der Waals surface area contributed by atoms with Crippen LogP contribution in [0.4, 0.5) is 0 Å². The minimum absolute atomic E-state index is 0.0599. The number of carbonyl (C=O) groups is 1. The van der Waals surface area contributed by atoms with Crippen molar-refractivity contribution in [1.29, 1.82) is 0 Å². The van der Waals surface area contributed by atoms with Gasteiger partial charge in [0.25, 0.3) is 0 Å². The molecule has 5 heteroatoms. The van der Waals surface area contributed by atoms with Crippen molar-refractivity contribution in [1.82, 2.24) is 4.90 Å². The maximum absolute atomic E-state index is 11.1. The largest absolute Gasteiger partial charge is 0.464 e. The Morgan fingerprint density at radius 1 is 1.31 bits per heavy atom. The van der Waals surface area contributed by atoms with Gasteiger partial charge in [0.1, 0.15) is 6.61 Å². The first-order valence-electron chi connectivity index (χ1n) is 5.86. The van der Waals surface area contributed by atoms with Crippen LogP contribution < -0.4 is 0 Å². The Morgan fingerprint density at radius 2 is 2.06 bits per heavy atom. The smallest absolute Gasteiger partial charge is 0.332 e. The fourth-order valence-corrected chi connectivity index (χ4v) is 1.43. The van der Waals surface area contributed by atoms with E-state index < -0.39 is 0 Å². The van der Waals surface area contributed by atoms with E-state index in [1.54, 1.807) is 0 Å². The predicted octanol–water partition coefficient (Wildman–Crippen LogP) is 0.288. The Kier molecular flexibility index (Phi) is 7.12. The number of morpholine rings is 1. The van der Waals surface area contributed by atoms with Crippen LogP contribution in [-0.4, -0.2) is 63.5 Å². The summed E-state index contributed by atoms with van der Waals surface area (Å²) in [7, 11) is 0. The molecule has 1 saturated heterocycles. The van der Waals surface area contributed by atoms with E-state index in [0.717, 1.165) is 39.3 Å². The third-order valence-electron chi connectivity index (χ3n) is 2.34. The van der Waals surface area contributed by atoms with E-state index in [0.29, 0.717) is 13.2 Å². The van der Waals surface area contributed by atoms with Crippen molar-refractivity contribution in [2.24, 2.45) is 0 Å². The molecular weight excluding hydrogens is 210 g/mol. The molecule has 1 aliphatic heterocycles. The molecule has 16 heavy (non-hydrogen) atoms. The number of ether oxygens (including phenoxy) is 3. The summed E-state index contributed by atoms with van der Waals surface area (Å²) in [5, 5.41) is 0. The molecule has 0 aliphatic carbocycles. The Balaban J connectivity index is 1.92. The molecule has 1 aliphatic rings. The van der Waals surface area contributed by atoms with Crippen LogP contribution in [0.5, 0.6) is 0 Å². The van der Waals surface area contributed by atoms with E-state index in [1.807, 2.05) is 6.92 Å². The monoisotopic (exact) mass is 231 g/mol. The van der Waals surface area contributed by atoms with E-state index >= 15 is 0 Å². The number of esters is 1. The molecule has 0 radical (unpaired) electrons. The molecule has 1 heterocycles. The van der Waals surface area contributed by atoms with Crippen molar-refractivity contribution < 1.29 is 19.0 Å². The normalized spacial score (nSPS) is 17.3. The molecule has 1 fully saturated rings. The molecular formula is C11H21NO4. The van der Waals surface area contributed by atoms with Gasteiger partial charge in [0.05, 0.1) is 26.4 Å². The second kappa shape index (κ2) is 8.50. The van der Waals surface area contributed by atoms with Gasteiger partial charge >= 0.3 is 5.97 Å². The zero-order valence-electron chi connectivity index (χ0n) is 9.94. The van der Waals surface area contributed by atoms with Crippen molar-refractivity contribution in [2.75, 3.05) is 52.7 Å². The van der Waals surface area contributed by atoms with Gasteiger partial charge in [-0.25, -0.2) is 4.79 Å². The first kappa shape index (κ1) is 13.4. The highest BCUT2D eigenvalue weighted by Gasteiger charge is 2.10. The average Bonchev–Trinajstić information content (AvgIpc) is 2.33. The molecule has 0 unspecified atom stereocenters. The molecule has 0 saturated carbocycles. The van der Waals surface area contributed by atoms with Crippen molar-refractivity contribution in [3.63, 3.8) is 0 Å².